The lowest BCUT2D eigenvalue weighted by atomic mass is 9.91. The molecule has 1 atom stereocenters. The monoisotopic (exact) mass is 334 g/mol. The molecule has 6 heteroatoms. The average molecular weight is 334 g/mol. The van der Waals surface area contributed by atoms with Gasteiger partial charge in [0.05, 0.1) is 25.3 Å². The summed E-state index contributed by atoms with van der Waals surface area (Å²) < 4.78 is 10.4. The molecule has 2 N–H and O–H groups in total. The standard InChI is InChI=1S/C17H22N2O3S/c1-5-22-16(20)13-14(10(2)3)18-17(23)19-15(13)11-6-8-12(21-4)9-7-11/h6-10,15H,5H2,1-4H3,(H2,18,19,23)/t15-/m0/s1. The van der Waals surface area contributed by atoms with Gasteiger partial charge in [0.25, 0.3) is 0 Å². The molecule has 1 aliphatic rings. The number of carbonyl (C=O) groups excluding carboxylic acids is 1. The second kappa shape index (κ2) is 7.46. The van der Waals surface area contributed by atoms with Gasteiger partial charge in [-0.25, -0.2) is 4.79 Å². The summed E-state index contributed by atoms with van der Waals surface area (Å²) in [6.45, 7) is 6.15. The van der Waals surface area contributed by atoms with Gasteiger partial charge in [-0.05, 0) is 42.8 Å². The van der Waals surface area contributed by atoms with Crippen LogP contribution in [0, 0.1) is 5.92 Å². The van der Waals surface area contributed by atoms with E-state index in [1.54, 1.807) is 14.0 Å². The minimum atomic E-state index is -0.342. The Kier molecular flexibility index (Phi) is 5.60. The highest BCUT2D eigenvalue weighted by Gasteiger charge is 2.33. The predicted octanol–water partition coefficient (Wildman–Crippen LogP) is 2.69. The van der Waals surface area contributed by atoms with Crippen LogP contribution in [0.2, 0.25) is 0 Å². The highest BCUT2D eigenvalue weighted by molar-refractivity contribution is 7.80. The van der Waals surface area contributed by atoms with E-state index in [4.69, 9.17) is 21.7 Å². The molecule has 0 bridgehead atoms. The Balaban J connectivity index is 2.49. The second-order valence-corrected chi connectivity index (χ2v) is 5.92. The first-order chi connectivity index (χ1) is 11.0. The molecule has 124 valence electrons. The van der Waals surface area contributed by atoms with Crippen molar-refractivity contribution in [1.82, 2.24) is 10.6 Å². The van der Waals surface area contributed by atoms with Gasteiger partial charge in [-0.3, -0.25) is 0 Å². The van der Waals surface area contributed by atoms with Crippen molar-refractivity contribution in [2.24, 2.45) is 5.92 Å². The summed E-state index contributed by atoms with van der Waals surface area (Å²) in [5.41, 5.74) is 2.30. The Hall–Kier alpha value is -2.08. The first kappa shape index (κ1) is 17.3. The molecular formula is C17H22N2O3S. The fraction of sp³-hybridized carbons (Fsp3) is 0.412. The topological polar surface area (TPSA) is 59.6 Å². The molecule has 2 rings (SSSR count). The van der Waals surface area contributed by atoms with Crippen molar-refractivity contribution in [1.29, 1.82) is 0 Å². The molecule has 0 saturated heterocycles. The van der Waals surface area contributed by atoms with E-state index in [0.717, 1.165) is 17.0 Å². The molecule has 5 nitrogen and oxygen atoms in total. The molecule has 0 spiro atoms. The lowest BCUT2D eigenvalue weighted by molar-refractivity contribution is -0.139. The van der Waals surface area contributed by atoms with Gasteiger partial charge in [0.15, 0.2) is 5.11 Å². The fourth-order valence-electron chi connectivity index (χ4n) is 2.52. The van der Waals surface area contributed by atoms with Crippen LogP contribution in [0.3, 0.4) is 0 Å². The molecule has 0 saturated carbocycles. The first-order valence-corrected chi connectivity index (χ1v) is 8.01. The van der Waals surface area contributed by atoms with Crippen molar-refractivity contribution in [3.63, 3.8) is 0 Å². The number of hydrogen-bond acceptors (Lipinski definition) is 4. The number of thiocarbonyl (C=S) groups is 1. The van der Waals surface area contributed by atoms with E-state index in [0.29, 0.717) is 17.3 Å². The van der Waals surface area contributed by atoms with Crippen LogP contribution in [-0.2, 0) is 9.53 Å². The summed E-state index contributed by atoms with van der Waals surface area (Å²) >= 11 is 5.30. The maximum Gasteiger partial charge on any atom is 0.338 e. The third kappa shape index (κ3) is 3.82. The van der Waals surface area contributed by atoms with Crippen LogP contribution in [0.5, 0.6) is 5.75 Å². The summed E-state index contributed by atoms with van der Waals surface area (Å²) in [6, 6.07) is 7.22. The Morgan fingerprint density at radius 2 is 1.96 bits per heavy atom. The van der Waals surface area contributed by atoms with Crippen LogP contribution in [0.4, 0.5) is 0 Å². The molecule has 1 aromatic rings. The van der Waals surface area contributed by atoms with Crippen molar-refractivity contribution >= 4 is 23.3 Å². The Morgan fingerprint density at radius 3 is 2.48 bits per heavy atom. The SMILES string of the molecule is CCOC(=O)C1=C(C(C)C)NC(=S)N[C@H]1c1ccc(OC)cc1. The van der Waals surface area contributed by atoms with Crippen LogP contribution in [-0.4, -0.2) is 24.8 Å². The zero-order valence-electron chi connectivity index (χ0n) is 13.8. The van der Waals surface area contributed by atoms with E-state index >= 15 is 0 Å². The number of hydrogen-bond donors (Lipinski definition) is 2. The molecule has 0 fully saturated rings. The van der Waals surface area contributed by atoms with E-state index in [9.17, 15) is 4.79 Å². The molecule has 1 heterocycles. The van der Waals surface area contributed by atoms with Gasteiger partial charge in [0.1, 0.15) is 5.75 Å². The van der Waals surface area contributed by atoms with Gasteiger partial charge in [-0.2, -0.15) is 0 Å². The van der Waals surface area contributed by atoms with Gasteiger partial charge < -0.3 is 20.1 Å². The summed E-state index contributed by atoms with van der Waals surface area (Å²) in [7, 11) is 1.62. The van der Waals surface area contributed by atoms with E-state index in [-0.39, 0.29) is 17.9 Å². The fourth-order valence-corrected chi connectivity index (χ4v) is 2.75. The number of nitrogens with one attached hydrogen (secondary N) is 2. The Labute approximate surface area is 142 Å². The molecule has 1 aromatic carbocycles. The largest absolute Gasteiger partial charge is 0.497 e. The van der Waals surface area contributed by atoms with Crippen LogP contribution in [0.1, 0.15) is 32.4 Å². The normalized spacial score (nSPS) is 17.6. The van der Waals surface area contributed by atoms with Gasteiger partial charge in [-0.15, -0.1) is 0 Å². The van der Waals surface area contributed by atoms with E-state index in [1.807, 2.05) is 38.1 Å². The molecule has 0 radical (unpaired) electrons. The Morgan fingerprint density at radius 1 is 1.30 bits per heavy atom. The lowest BCUT2D eigenvalue weighted by Gasteiger charge is -2.32. The van der Waals surface area contributed by atoms with Crippen molar-refractivity contribution in [3.8, 4) is 5.75 Å². The third-order valence-electron chi connectivity index (χ3n) is 3.62. The smallest absolute Gasteiger partial charge is 0.338 e. The predicted molar refractivity (Wildman–Crippen MR) is 93.1 cm³/mol. The summed E-state index contributed by atoms with van der Waals surface area (Å²) in [6.07, 6.45) is 0. The van der Waals surface area contributed by atoms with Crippen LogP contribution >= 0.6 is 12.2 Å². The van der Waals surface area contributed by atoms with E-state index in [2.05, 4.69) is 10.6 Å². The zero-order chi connectivity index (χ0) is 17.0. The lowest BCUT2D eigenvalue weighted by Crippen LogP contribution is -2.46. The summed E-state index contributed by atoms with van der Waals surface area (Å²) in [5.74, 6) is 0.547. The summed E-state index contributed by atoms with van der Waals surface area (Å²) in [4.78, 5) is 12.5. The van der Waals surface area contributed by atoms with Crippen LogP contribution < -0.4 is 15.4 Å². The third-order valence-corrected chi connectivity index (χ3v) is 3.84. The molecule has 23 heavy (non-hydrogen) atoms. The minimum absolute atomic E-state index is 0.121. The van der Waals surface area contributed by atoms with Crippen molar-refractivity contribution in [2.75, 3.05) is 13.7 Å². The van der Waals surface area contributed by atoms with Crippen LogP contribution in [0.15, 0.2) is 35.5 Å². The van der Waals surface area contributed by atoms with Gasteiger partial charge in [0.2, 0.25) is 0 Å². The Bertz CT molecular complexity index is 623. The summed E-state index contributed by atoms with van der Waals surface area (Å²) in [5, 5.41) is 6.77. The second-order valence-electron chi connectivity index (χ2n) is 5.51. The number of benzene rings is 1. The molecule has 0 aliphatic carbocycles. The molecule has 0 unspecified atom stereocenters. The van der Waals surface area contributed by atoms with Crippen molar-refractivity contribution in [2.45, 2.75) is 26.8 Å². The molecular weight excluding hydrogens is 312 g/mol. The average Bonchev–Trinajstić information content (AvgIpc) is 2.54. The first-order valence-electron chi connectivity index (χ1n) is 7.60. The van der Waals surface area contributed by atoms with E-state index in [1.165, 1.54) is 0 Å². The highest BCUT2D eigenvalue weighted by Crippen LogP contribution is 2.31. The van der Waals surface area contributed by atoms with Crippen molar-refractivity contribution < 1.29 is 14.3 Å². The number of rotatable bonds is 5. The number of esters is 1. The maximum absolute atomic E-state index is 12.5. The molecule has 0 amide bonds. The molecule has 0 aromatic heterocycles. The quantitative estimate of drug-likeness (QED) is 0.638. The van der Waals surface area contributed by atoms with E-state index < -0.39 is 0 Å². The molecule has 1 aliphatic heterocycles. The number of methoxy groups -OCH3 is 1. The number of ether oxygens (including phenoxy) is 2. The minimum Gasteiger partial charge on any atom is -0.497 e. The van der Waals surface area contributed by atoms with Gasteiger partial charge >= 0.3 is 5.97 Å². The van der Waals surface area contributed by atoms with Crippen molar-refractivity contribution in [3.05, 3.63) is 41.1 Å². The van der Waals surface area contributed by atoms with Gasteiger partial charge in [0, 0.05) is 5.70 Å². The number of allylic oxidation sites excluding steroid dienone is 1. The van der Waals surface area contributed by atoms with Gasteiger partial charge in [-0.1, -0.05) is 26.0 Å². The highest BCUT2D eigenvalue weighted by atomic mass is 32.1. The maximum atomic E-state index is 12.5. The van der Waals surface area contributed by atoms with Crippen LogP contribution in [0.25, 0.3) is 0 Å². The number of carbonyl (C=O) groups is 1. The zero-order valence-corrected chi connectivity index (χ0v) is 14.6.